The van der Waals surface area contributed by atoms with Gasteiger partial charge in [0.05, 0.1) is 0 Å². The molecular weight excluding hydrogens is 193 g/mol. The summed E-state index contributed by atoms with van der Waals surface area (Å²) in [6.07, 6.45) is 3.12. The molecule has 1 aromatic carbocycles. The summed E-state index contributed by atoms with van der Waals surface area (Å²) in [4.78, 5) is 0. The molecule has 2 nitrogen and oxygen atoms in total. The Morgan fingerprint density at radius 2 is 2.23 bits per heavy atom. The average molecular weight is 202 g/mol. The van der Waals surface area contributed by atoms with Gasteiger partial charge in [0.25, 0.3) is 0 Å². The monoisotopic (exact) mass is 201 g/mol. The Bertz CT molecular complexity index is 339. The lowest BCUT2D eigenvalue weighted by molar-refractivity contribution is 0.431. The molecule has 13 heavy (non-hydrogen) atoms. The molecule has 0 radical (unpaired) electrons. The van der Waals surface area contributed by atoms with E-state index in [-0.39, 0.29) is 5.02 Å². The van der Waals surface area contributed by atoms with Gasteiger partial charge in [-0.25, -0.2) is 4.39 Å². The highest BCUT2D eigenvalue weighted by Gasteiger charge is 2.05. The second-order valence-electron chi connectivity index (χ2n) is 2.46. The van der Waals surface area contributed by atoms with E-state index in [4.69, 9.17) is 17.3 Å². The van der Waals surface area contributed by atoms with Crippen molar-refractivity contribution in [2.75, 3.05) is 6.54 Å². The molecule has 0 atom stereocenters. The molecule has 0 bridgehead atoms. The van der Waals surface area contributed by atoms with E-state index in [0.717, 1.165) is 6.07 Å². The molecule has 1 aromatic rings. The number of aromatic hydroxyl groups is 1. The van der Waals surface area contributed by atoms with Crippen LogP contribution in [-0.4, -0.2) is 11.7 Å². The molecule has 0 heterocycles. The van der Waals surface area contributed by atoms with Crippen LogP contribution in [0.15, 0.2) is 18.2 Å². The molecule has 4 heteroatoms. The van der Waals surface area contributed by atoms with Gasteiger partial charge in [-0.1, -0.05) is 23.8 Å². The van der Waals surface area contributed by atoms with Crippen molar-refractivity contribution in [1.29, 1.82) is 0 Å². The van der Waals surface area contributed by atoms with Crippen molar-refractivity contribution in [3.05, 3.63) is 34.6 Å². The van der Waals surface area contributed by atoms with Gasteiger partial charge >= 0.3 is 0 Å². The van der Waals surface area contributed by atoms with Crippen LogP contribution < -0.4 is 5.73 Å². The van der Waals surface area contributed by atoms with E-state index in [1.54, 1.807) is 6.08 Å². The van der Waals surface area contributed by atoms with E-state index in [9.17, 15) is 9.50 Å². The van der Waals surface area contributed by atoms with Gasteiger partial charge in [0.1, 0.15) is 0 Å². The van der Waals surface area contributed by atoms with E-state index in [2.05, 4.69) is 0 Å². The highest BCUT2D eigenvalue weighted by molar-refractivity contribution is 6.30. The van der Waals surface area contributed by atoms with Crippen LogP contribution in [0, 0.1) is 5.82 Å². The lowest BCUT2D eigenvalue weighted by Crippen LogP contribution is -1.92. The first kappa shape index (κ1) is 10.0. The minimum Gasteiger partial charge on any atom is -0.504 e. The van der Waals surface area contributed by atoms with Crippen molar-refractivity contribution in [2.45, 2.75) is 0 Å². The Hall–Kier alpha value is -1.06. The topological polar surface area (TPSA) is 46.2 Å². The van der Waals surface area contributed by atoms with E-state index in [1.165, 1.54) is 12.1 Å². The van der Waals surface area contributed by atoms with Crippen molar-refractivity contribution >= 4 is 17.7 Å². The van der Waals surface area contributed by atoms with E-state index >= 15 is 0 Å². The van der Waals surface area contributed by atoms with Gasteiger partial charge < -0.3 is 10.8 Å². The van der Waals surface area contributed by atoms with Crippen molar-refractivity contribution < 1.29 is 9.50 Å². The smallest absolute Gasteiger partial charge is 0.166 e. The van der Waals surface area contributed by atoms with Crippen LogP contribution in [0.3, 0.4) is 0 Å². The first-order valence-electron chi connectivity index (χ1n) is 3.69. The predicted molar refractivity (Wildman–Crippen MR) is 51.2 cm³/mol. The minimum absolute atomic E-state index is 0.243. The molecule has 0 amide bonds. The second-order valence-corrected chi connectivity index (χ2v) is 2.90. The van der Waals surface area contributed by atoms with Crippen LogP contribution in [0.4, 0.5) is 4.39 Å². The summed E-state index contributed by atoms with van der Waals surface area (Å²) in [5.41, 5.74) is 5.54. The second kappa shape index (κ2) is 4.25. The Balaban J connectivity index is 3.12. The summed E-state index contributed by atoms with van der Waals surface area (Å²) >= 11 is 5.58. The summed E-state index contributed by atoms with van der Waals surface area (Å²) in [7, 11) is 0. The fraction of sp³-hybridized carbons (Fsp3) is 0.111. The Morgan fingerprint density at radius 1 is 1.54 bits per heavy atom. The SMILES string of the molecule is NCC=Cc1cc(Cl)cc(F)c1O. The van der Waals surface area contributed by atoms with E-state index in [1.807, 2.05) is 0 Å². The van der Waals surface area contributed by atoms with Crippen molar-refractivity contribution in [3.8, 4) is 5.75 Å². The normalized spacial score (nSPS) is 11.0. The van der Waals surface area contributed by atoms with Gasteiger partial charge in [0, 0.05) is 17.1 Å². The molecule has 0 unspecified atom stereocenters. The van der Waals surface area contributed by atoms with Gasteiger partial charge in [-0.3, -0.25) is 0 Å². The molecular formula is C9H9ClFNO. The standard InChI is InChI=1S/C9H9ClFNO/c10-7-4-6(2-1-3-12)9(13)8(11)5-7/h1-2,4-5,13H,3,12H2. The van der Waals surface area contributed by atoms with Crippen LogP contribution in [0.25, 0.3) is 6.08 Å². The molecule has 0 saturated heterocycles. The number of nitrogens with two attached hydrogens (primary N) is 1. The van der Waals surface area contributed by atoms with Gasteiger partial charge in [-0.05, 0) is 12.1 Å². The third-order valence-corrected chi connectivity index (χ3v) is 1.71. The number of benzene rings is 1. The Morgan fingerprint density at radius 3 is 2.85 bits per heavy atom. The number of phenols is 1. The minimum atomic E-state index is -0.732. The van der Waals surface area contributed by atoms with Gasteiger partial charge in [-0.15, -0.1) is 0 Å². The number of halogens is 2. The number of phenolic OH excluding ortho intramolecular Hbond substituents is 1. The highest BCUT2D eigenvalue weighted by atomic mass is 35.5. The van der Waals surface area contributed by atoms with Gasteiger partial charge in [0.2, 0.25) is 0 Å². The first-order chi connectivity index (χ1) is 6.15. The molecule has 0 fully saturated rings. The largest absolute Gasteiger partial charge is 0.504 e. The van der Waals surface area contributed by atoms with Crippen LogP contribution in [0.5, 0.6) is 5.75 Å². The lowest BCUT2D eigenvalue weighted by Gasteiger charge is -2.01. The zero-order valence-corrected chi connectivity index (χ0v) is 7.55. The summed E-state index contributed by atoms with van der Waals surface area (Å²) in [5, 5.41) is 9.47. The molecule has 0 aliphatic rings. The number of rotatable bonds is 2. The van der Waals surface area contributed by atoms with Gasteiger partial charge in [-0.2, -0.15) is 0 Å². The van der Waals surface area contributed by atoms with Crippen LogP contribution in [0.2, 0.25) is 5.02 Å². The number of hydrogen-bond donors (Lipinski definition) is 2. The fourth-order valence-electron chi connectivity index (χ4n) is 0.908. The van der Waals surface area contributed by atoms with E-state index < -0.39 is 11.6 Å². The fourth-order valence-corrected chi connectivity index (χ4v) is 1.12. The summed E-state index contributed by atoms with van der Waals surface area (Å²) in [5.74, 6) is -1.14. The summed E-state index contributed by atoms with van der Waals surface area (Å²) in [6.45, 7) is 0.327. The zero-order chi connectivity index (χ0) is 9.84. The van der Waals surface area contributed by atoms with E-state index in [0.29, 0.717) is 12.1 Å². The molecule has 0 spiro atoms. The van der Waals surface area contributed by atoms with Crippen LogP contribution in [0.1, 0.15) is 5.56 Å². The third-order valence-electron chi connectivity index (χ3n) is 1.49. The van der Waals surface area contributed by atoms with Crippen LogP contribution in [-0.2, 0) is 0 Å². The molecule has 0 saturated carbocycles. The first-order valence-corrected chi connectivity index (χ1v) is 4.07. The number of hydrogen-bond acceptors (Lipinski definition) is 2. The molecule has 70 valence electrons. The Labute approximate surface area is 80.4 Å². The maximum atomic E-state index is 12.9. The summed E-state index contributed by atoms with van der Waals surface area (Å²) in [6, 6.07) is 2.52. The van der Waals surface area contributed by atoms with Gasteiger partial charge in [0.15, 0.2) is 11.6 Å². The Kier molecular flexibility index (Phi) is 3.28. The third kappa shape index (κ3) is 2.44. The van der Waals surface area contributed by atoms with Crippen molar-refractivity contribution in [3.63, 3.8) is 0 Å². The lowest BCUT2D eigenvalue weighted by atomic mass is 10.2. The zero-order valence-electron chi connectivity index (χ0n) is 6.80. The highest BCUT2D eigenvalue weighted by Crippen LogP contribution is 2.26. The maximum absolute atomic E-state index is 12.9. The predicted octanol–water partition coefficient (Wildman–Crippen LogP) is 2.16. The van der Waals surface area contributed by atoms with Crippen molar-refractivity contribution in [2.24, 2.45) is 5.73 Å². The van der Waals surface area contributed by atoms with Crippen LogP contribution >= 0.6 is 11.6 Å². The maximum Gasteiger partial charge on any atom is 0.166 e. The molecule has 3 N–H and O–H groups in total. The van der Waals surface area contributed by atoms with Crippen molar-refractivity contribution in [1.82, 2.24) is 0 Å². The molecule has 0 aromatic heterocycles. The summed E-state index contributed by atoms with van der Waals surface area (Å²) < 4.78 is 12.9. The molecule has 1 rings (SSSR count). The molecule has 0 aliphatic carbocycles. The average Bonchev–Trinajstić information content (AvgIpc) is 2.09. The molecule has 0 aliphatic heterocycles. The quantitative estimate of drug-likeness (QED) is 0.770.